The molecule has 1 unspecified atom stereocenters. The topological polar surface area (TPSA) is 63.4 Å². The highest BCUT2D eigenvalue weighted by Gasteiger charge is 2.21. The van der Waals surface area contributed by atoms with Crippen LogP contribution < -0.4 is 0 Å². The molecule has 1 aliphatic carbocycles. The molecule has 0 aliphatic heterocycles. The molecular weight excluding hydrogens is 158 g/mol. The molecule has 0 amide bonds. The van der Waals surface area contributed by atoms with E-state index < -0.39 is 0 Å². The second-order valence-electron chi connectivity index (χ2n) is 3.11. The Balaban J connectivity index is 2.47. The zero-order valence-corrected chi connectivity index (χ0v) is 6.90. The maximum Gasteiger partial charge on any atom is 0.242 e. The summed E-state index contributed by atoms with van der Waals surface area (Å²) in [5.41, 5.74) is 0.319. The lowest BCUT2D eigenvalue weighted by molar-refractivity contribution is -0.430. The molecule has 0 fully saturated rings. The predicted molar refractivity (Wildman–Crippen MR) is 44.1 cm³/mol. The van der Waals surface area contributed by atoms with Gasteiger partial charge in [0, 0.05) is 13.0 Å². The fourth-order valence-corrected chi connectivity index (χ4v) is 1.54. The van der Waals surface area contributed by atoms with Crippen molar-refractivity contribution in [2.24, 2.45) is 5.92 Å². The second kappa shape index (κ2) is 4.21. The number of aliphatic hydroxyl groups is 1. The molecule has 1 aliphatic rings. The Morgan fingerprint density at radius 2 is 2.50 bits per heavy atom. The third kappa shape index (κ3) is 2.30. The molecule has 0 aromatic heterocycles. The van der Waals surface area contributed by atoms with Gasteiger partial charge in [0.1, 0.15) is 0 Å². The summed E-state index contributed by atoms with van der Waals surface area (Å²) >= 11 is 0. The third-order valence-electron chi connectivity index (χ3n) is 2.22. The quantitative estimate of drug-likeness (QED) is 0.514. The minimum Gasteiger partial charge on any atom is -0.396 e. The largest absolute Gasteiger partial charge is 0.396 e. The van der Waals surface area contributed by atoms with Crippen LogP contribution in [0, 0.1) is 16.0 Å². The molecule has 0 aromatic carbocycles. The van der Waals surface area contributed by atoms with Gasteiger partial charge in [0.25, 0.3) is 0 Å². The van der Waals surface area contributed by atoms with E-state index in [1.807, 2.05) is 0 Å². The number of allylic oxidation sites excluding steroid dienone is 2. The van der Waals surface area contributed by atoms with E-state index in [2.05, 4.69) is 0 Å². The zero-order chi connectivity index (χ0) is 8.97. The van der Waals surface area contributed by atoms with Gasteiger partial charge in [-0.25, -0.2) is 0 Å². The van der Waals surface area contributed by atoms with Crippen LogP contribution in [0.25, 0.3) is 0 Å². The summed E-state index contributed by atoms with van der Waals surface area (Å²) in [5.74, 6) is 0.306. The second-order valence-corrected chi connectivity index (χ2v) is 3.11. The highest BCUT2D eigenvalue weighted by atomic mass is 16.6. The minimum absolute atomic E-state index is 0.135. The van der Waals surface area contributed by atoms with Gasteiger partial charge in [0.2, 0.25) is 5.70 Å². The lowest BCUT2D eigenvalue weighted by atomic mass is 9.90. The van der Waals surface area contributed by atoms with Gasteiger partial charge in [-0.2, -0.15) is 0 Å². The van der Waals surface area contributed by atoms with Crippen molar-refractivity contribution in [2.75, 3.05) is 6.61 Å². The standard InChI is InChI=1S/C8H13NO3/c10-5-4-7-2-1-3-8(6-7)9(11)12/h3,7,10H,1-2,4-6H2. The molecule has 4 nitrogen and oxygen atoms in total. The van der Waals surface area contributed by atoms with Crippen molar-refractivity contribution in [3.8, 4) is 0 Å². The Bertz CT molecular complexity index is 200. The number of hydrogen-bond acceptors (Lipinski definition) is 3. The van der Waals surface area contributed by atoms with Gasteiger partial charge in [-0.1, -0.05) is 0 Å². The molecule has 12 heavy (non-hydrogen) atoms. The molecule has 0 radical (unpaired) electrons. The maximum atomic E-state index is 10.4. The zero-order valence-electron chi connectivity index (χ0n) is 6.90. The lowest BCUT2D eigenvalue weighted by Crippen LogP contribution is -2.12. The van der Waals surface area contributed by atoms with Gasteiger partial charge in [-0.3, -0.25) is 10.1 Å². The van der Waals surface area contributed by atoms with Crippen molar-refractivity contribution < 1.29 is 10.0 Å². The first kappa shape index (κ1) is 9.19. The molecule has 1 atom stereocenters. The number of nitro groups is 1. The van der Waals surface area contributed by atoms with Crippen LogP contribution in [0.5, 0.6) is 0 Å². The highest BCUT2D eigenvalue weighted by Crippen LogP contribution is 2.26. The monoisotopic (exact) mass is 171 g/mol. The van der Waals surface area contributed by atoms with Crippen molar-refractivity contribution in [1.29, 1.82) is 0 Å². The summed E-state index contributed by atoms with van der Waals surface area (Å²) in [6.07, 6.45) is 4.64. The highest BCUT2D eigenvalue weighted by molar-refractivity contribution is 4.98. The van der Waals surface area contributed by atoms with Gasteiger partial charge in [-0.05, 0) is 31.3 Å². The van der Waals surface area contributed by atoms with Crippen molar-refractivity contribution in [3.63, 3.8) is 0 Å². The summed E-state index contributed by atoms with van der Waals surface area (Å²) in [4.78, 5) is 10.1. The van der Waals surface area contributed by atoms with E-state index >= 15 is 0 Å². The summed E-state index contributed by atoms with van der Waals surface area (Å²) < 4.78 is 0. The first-order chi connectivity index (χ1) is 5.74. The van der Waals surface area contributed by atoms with Crippen LogP contribution in [0.1, 0.15) is 25.7 Å². The van der Waals surface area contributed by atoms with Crippen molar-refractivity contribution in [2.45, 2.75) is 25.7 Å². The molecular formula is C8H13NO3. The molecule has 1 rings (SSSR count). The molecule has 0 aromatic rings. The molecule has 0 spiro atoms. The Kier molecular flexibility index (Phi) is 3.22. The number of rotatable bonds is 3. The van der Waals surface area contributed by atoms with E-state index in [9.17, 15) is 10.1 Å². The smallest absolute Gasteiger partial charge is 0.242 e. The molecule has 4 heteroatoms. The van der Waals surface area contributed by atoms with Crippen LogP contribution in [-0.2, 0) is 0 Å². The van der Waals surface area contributed by atoms with Crippen molar-refractivity contribution in [1.82, 2.24) is 0 Å². The summed E-state index contributed by atoms with van der Waals surface area (Å²) in [7, 11) is 0. The molecule has 0 heterocycles. The van der Waals surface area contributed by atoms with E-state index in [4.69, 9.17) is 5.11 Å². The van der Waals surface area contributed by atoms with Crippen molar-refractivity contribution >= 4 is 0 Å². The van der Waals surface area contributed by atoms with Gasteiger partial charge >= 0.3 is 0 Å². The average molecular weight is 171 g/mol. The summed E-state index contributed by atoms with van der Waals surface area (Å²) in [5, 5.41) is 19.0. The van der Waals surface area contributed by atoms with Gasteiger partial charge in [-0.15, -0.1) is 0 Å². The van der Waals surface area contributed by atoms with Gasteiger partial charge in [0.05, 0.1) is 4.92 Å². The predicted octanol–water partition coefficient (Wildman–Crippen LogP) is 1.33. The summed E-state index contributed by atoms with van der Waals surface area (Å²) in [6.45, 7) is 0.135. The molecule has 0 saturated carbocycles. The normalized spacial score (nSPS) is 23.4. The number of aliphatic hydroxyl groups excluding tert-OH is 1. The molecule has 0 bridgehead atoms. The molecule has 0 saturated heterocycles. The average Bonchev–Trinajstić information content (AvgIpc) is 2.05. The van der Waals surface area contributed by atoms with Crippen LogP contribution in [0.15, 0.2) is 11.8 Å². The van der Waals surface area contributed by atoms with Gasteiger partial charge in [0.15, 0.2) is 0 Å². The van der Waals surface area contributed by atoms with Crippen LogP contribution in [-0.4, -0.2) is 16.6 Å². The molecule has 1 N–H and O–H groups in total. The number of hydrogen-bond donors (Lipinski definition) is 1. The Morgan fingerprint density at radius 3 is 3.08 bits per heavy atom. The van der Waals surface area contributed by atoms with Crippen LogP contribution in [0.4, 0.5) is 0 Å². The van der Waals surface area contributed by atoms with E-state index in [1.54, 1.807) is 6.08 Å². The van der Waals surface area contributed by atoms with Crippen LogP contribution in [0.3, 0.4) is 0 Å². The fraction of sp³-hybridized carbons (Fsp3) is 0.750. The lowest BCUT2D eigenvalue weighted by Gasteiger charge is -2.16. The van der Waals surface area contributed by atoms with E-state index in [0.717, 1.165) is 12.8 Å². The van der Waals surface area contributed by atoms with E-state index in [0.29, 0.717) is 24.5 Å². The maximum absolute atomic E-state index is 10.4. The third-order valence-corrected chi connectivity index (χ3v) is 2.22. The summed E-state index contributed by atoms with van der Waals surface area (Å²) in [6, 6.07) is 0. The van der Waals surface area contributed by atoms with Gasteiger partial charge < -0.3 is 5.11 Å². The Labute approximate surface area is 71.0 Å². The first-order valence-electron chi connectivity index (χ1n) is 4.18. The van der Waals surface area contributed by atoms with E-state index in [1.165, 1.54) is 0 Å². The fourth-order valence-electron chi connectivity index (χ4n) is 1.54. The van der Waals surface area contributed by atoms with Crippen LogP contribution in [0.2, 0.25) is 0 Å². The van der Waals surface area contributed by atoms with E-state index in [-0.39, 0.29) is 11.5 Å². The number of nitrogens with zero attached hydrogens (tertiary/aromatic N) is 1. The Morgan fingerprint density at radius 1 is 1.75 bits per heavy atom. The van der Waals surface area contributed by atoms with Crippen molar-refractivity contribution in [3.05, 3.63) is 21.9 Å². The SMILES string of the molecule is O=[N+]([O-])C1=CCCC(CCO)C1. The van der Waals surface area contributed by atoms with Crippen LogP contribution >= 0.6 is 0 Å². The first-order valence-corrected chi connectivity index (χ1v) is 4.18. The Hall–Kier alpha value is -0.900. The minimum atomic E-state index is -0.316. The molecule has 68 valence electrons.